The zero-order valence-corrected chi connectivity index (χ0v) is 7.07. The van der Waals surface area contributed by atoms with Gasteiger partial charge in [0.1, 0.15) is 12.6 Å². The average Bonchev–Trinajstić information content (AvgIpc) is 2.21. The Hall–Kier alpha value is -0.860. The monoisotopic (exact) mass is 164 g/mol. The van der Waals surface area contributed by atoms with Crippen molar-refractivity contribution in [1.82, 2.24) is 0 Å². The first-order valence-corrected chi connectivity index (χ1v) is 4.45. The highest BCUT2D eigenvalue weighted by Gasteiger charge is 2.17. The largest absolute Gasteiger partial charge is 0.362 e. The van der Waals surface area contributed by atoms with Crippen molar-refractivity contribution in [2.24, 2.45) is 0 Å². The van der Waals surface area contributed by atoms with Crippen LogP contribution in [0.1, 0.15) is 11.7 Å². The normalized spacial score (nSPS) is 23.8. The summed E-state index contributed by atoms with van der Waals surface area (Å²) in [6.45, 7) is 3.03. The van der Waals surface area contributed by atoms with Gasteiger partial charge in [-0.05, 0) is 5.56 Å². The first-order chi connectivity index (χ1) is 5.97. The van der Waals surface area contributed by atoms with E-state index in [2.05, 4.69) is 29.6 Å². The van der Waals surface area contributed by atoms with Gasteiger partial charge in [-0.15, -0.1) is 0 Å². The molecule has 1 aromatic rings. The van der Waals surface area contributed by atoms with Crippen LogP contribution in [0.15, 0.2) is 30.3 Å². The highest BCUT2D eigenvalue weighted by atomic mass is 16.5. The summed E-state index contributed by atoms with van der Waals surface area (Å²) in [5, 5.41) is 2.31. The van der Waals surface area contributed by atoms with Gasteiger partial charge in [0.15, 0.2) is 0 Å². The molecule has 1 aliphatic rings. The van der Waals surface area contributed by atoms with Gasteiger partial charge < -0.3 is 10.1 Å². The van der Waals surface area contributed by atoms with Crippen LogP contribution in [0.5, 0.6) is 0 Å². The number of benzene rings is 1. The van der Waals surface area contributed by atoms with Gasteiger partial charge in [0.25, 0.3) is 0 Å². The Balaban J connectivity index is 2.08. The number of morpholine rings is 1. The number of ether oxygens (including phenoxy) is 1. The fraction of sp³-hybridized carbons (Fsp3) is 0.400. The lowest BCUT2D eigenvalue weighted by atomic mass is 10.1. The molecule has 1 aliphatic heterocycles. The van der Waals surface area contributed by atoms with Crippen LogP contribution in [0.25, 0.3) is 0 Å². The molecule has 2 heteroatoms. The highest BCUT2D eigenvalue weighted by Crippen LogP contribution is 2.15. The van der Waals surface area contributed by atoms with Crippen molar-refractivity contribution in [2.45, 2.75) is 6.10 Å². The Kier molecular flexibility index (Phi) is 2.39. The summed E-state index contributed by atoms with van der Waals surface area (Å²) in [6, 6.07) is 10.4. The number of hydrogen-bond donors (Lipinski definition) is 1. The molecule has 2 N–H and O–H groups in total. The van der Waals surface area contributed by atoms with Crippen LogP contribution in [-0.2, 0) is 4.74 Å². The predicted octanol–water partition coefficient (Wildman–Crippen LogP) is 0.321. The molecule has 1 aromatic carbocycles. The van der Waals surface area contributed by atoms with Crippen LogP contribution in [0.2, 0.25) is 0 Å². The average molecular weight is 164 g/mol. The van der Waals surface area contributed by atoms with E-state index in [0.29, 0.717) is 6.10 Å². The van der Waals surface area contributed by atoms with Gasteiger partial charge in [-0.1, -0.05) is 30.3 Å². The molecule has 0 unspecified atom stereocenters. The third-order valence-electron chi connectivity index (χ3n) is 2.19. The molecular formula is C10H14NO+. The molecule has 0 spiro atoms. The number of quaternary nitrogens is 1. The van der Waals surface area contributed by atoms with E-state index >= 15 is 0 Å². The standard InChI is InChI=1S/C10H13NO/c1-2-4-9(5-3-1)10-8-11-6-7-12-10/h1-5,10-11H,6-8H2/p+1/t10-/m0/s1. The van der Waals surface area contributed by atoms with Crippen molar-refractivity contribution in [3.8, 4) is 0 Å². The van der Waals surface area contributed by atoms with Crippen LogP contribution in [0.3, 0.4) is 0 Å². The fourth-order valence-corrected chi connectivity index (χ4v) is 1.53. The molecule has 0 bridgehead atoms. The quantitative estimate of drug-likeness (QED) is 0.635. The SMILES string of the molecule is c1ccc([C@@H]2C[NH2+]CCO2)cc1. The molecule has 2 rings (SSSR count). The van der Waals surface area contributed by atoms with E-state index in [0.717, 1.165) is 19.7 Å². The zero-order chi connectivity index (χ0) is 8.23. The number of hydrogen-bond acceptors (Lipinski definition) is 1. The summed E-state index contributed by atoms with van der Waals surface area (Å²) < 4.78 is 5.63. The van der Waals surface area contributed by atoms with E-state index in [-0.39, 0.29) is 0 Å². The number of nitrogens with two attached hydrogens (primary N) is 1. The second-order valence-electron chi connectivity index (χ2n) is 3.08. The first kappa shape index (κ1) is 7.77. The Morgan fingerprint density at radius 1 is 1.25 bits per heavy atom. The maximum absolute atomic E-state index is 5.63. The second-order valence-corrected chi connectivity index (χ2v) is 3.08. The van der Waals surface area contributed by atoms with Crippen LogP contribution in [0.4, 0.5) is 0 Å². The van der Waals surface area contributed by atoms with Crippen LogP contribution in [0, 0.1) is 0 Å². The summed E-state index contributed by atoms with van der Waals surface area (Å²) in [7, 11) is 0. The third kappa shape index (κ3) is 1.65. The number of rotatable bonds is 1. The Bertz CT molecular complexity index is 229. The van der Waals surface area contributed by atoms with Crippen molar-refractivity contribution < 1.29 is 10.1 Å². The minimum Gasteiger partial charge on any atom is -0.362 e. The summed E-state index contributed by atoms with van der Waals surface area (Å²) >= 11 is 0. The summed E-state index contributed by atoms with van der Waals surface area (Å²) in [4.78, 5) is 0. The Morgan fingerprint density at radius 2 is 2.08 bits per heavy atom. The molecule has 0 saturated carbocycles. The van der Waals surface area contributed by atoms with Crippen molar-refractivity contribution >= 4 is 0 Å². The van der Waals surface area contributed by atoms with E-state index in [9.17, 15) is 0 Å². The summed E-state index contributed by atoms with van der Waals surface area (Å²) in [6.07, 6.45) is 0.306. The second kappa shape index (κ2) is 3.70. The van der Waals surface area contributed by atoms with Gasteiger partial charge in [0.05, 0.1) is 13.2 Å². The molecule has 0 radical (unpaired) electrons. The predicted molar refractivity (Wildman–Crippen MR) is 46.8 cm³/mol. The molecule has 1 fully saturated rings. The van der Waals surface area contributed by atoms with Gasteiger partial charge in [-0.3, -0.25) is 0 Å². The molecule has 12 heavy (non-hydrogen) atoms. The van der Waals surface area contributed by atoms with E-state index < -0.39 is 0 Å². The minimum atomic E-state index is 0.306. The van der Waals surface area contributed by atoms with E-state index in [1.165, 1.54) is 5.56 Å². The van der Waals surface area contributed by atoms with E-state index in [1.54, 1.807) is 0 Å². The maximum atomic E-state index is 5.63. The van der Waals surface area contributed by atoms with Crippen LogP contribution >= 0.6 is 0 Å². The minimum absolute atomic E-state index is 0.306. The lowest BCUT2D eigenvalue weighted by Crippen LogP contribution is -2.88. The lowest BCUT2D eigenvalue weighted by Gasteiger charge is -2.20. The van der Waals surface area contributed by atoms with Gasteiger partial charge in [-0.2, -0.15) is 0 Å². The summed E-state index contributed by atoms with van der Waals surface area (Å²) in [5.41, 5.74) is 1.30. The highest BCUT2D eigenvalue weighted by molar-refractivity contribution is 5.17. The van der Waals surface area contributed by atoms with Crippen molar-refractivity contribution in [1.29, 1.82) is 0 Å². The zero-order valence-electron chi connectivity index (χ0n) is 7.07. The third-order valence-corrected chi connectivity index (χ3v) is 2.19. The molecule has 64 valence electrons. The molecule has 0 amide bonds. The molecule has 1 saturated heterocycles. The Labute approximate surface area is 72.5 Å². The van der Waals surface area contributed by atoms with Crippen molar-refractivity contribution in [3.05, 3.63) is 35.9 Å². The topological polar surface area (TPSA) is 25.8 Å². The van der Waals surface area contributed by atoms with Gasteiger partial charge in [0, 0.05) is 0 Å². The molecule has 0 aromatic heterocycles. The van der Waals surface area contributed by atoms with Crippen molar-refractivity contribution in [2.75, 3.05) is 19.7 Å². The van der Waals surface area contributed by atoms with E-state index in [1.807, 2.05) is 6.07 Å². The van der Waals surface area contributed by atoms with Gasteiger partial charge in [0.2, 0.25) is 0 Å². The first-order valence-electron chi connectivity index (χ1n) is 4.45. The van der Waals surface area contributed by atoms with Gasteiger partial charge >= 0.3 is 0 Å². The lowest BCUT2D eigenvalue weighted by molar-refractivity contribution is -0.678. The molecule has 0 aliphatic carbocycles. The smallest absolute Gasteiger partial charge is 0.131 e. The molecular weight excluding hydrogens is 150 g/mol. The summed E-state index contributed by atoms with van der Waals surface area (Å²) in [5.74, 6) is 0. The molecule has 1 heterocycles. The van der Waals surface area contributed by atoms with Crippen LogP contribution in [-0.4, -0.2) is 19.7 Å². The Morgan fingerprint density at radius 3 is 2.75 bits per heavy atom. The van der Waals surface area contributed by atoms with E-state index in [4.69, 9.17) is 4.74 Å². The van der Waals surface area contributed by atoms with Crippen molar-refractivity contribution in [3.63, 3.8) is 0 Å². The van der Waals surface area contributed by atoms with Crippen LogP contribution < -0.4 is 5.32 Å². The fourth-order valence-electron chi connectivity index (χ4n) is 1.53. The molecule has 1 atom stereocenters. The molecule has 2 nitrogen and oxygen atoms in total. The van der Waals surface area contributed by atoms with Gasteiger partial charge in [-0.25, -0.2) is 0 Å². The maximum Gasteiger partial charge on any atom is 0.131 e.